The Morgan fingerprint density at radius 1 is 1.15 bits per heavy atom. The normalized spacial score (nSPS) is 23.3. The van der Waals surface area contributed by atoms with Crippen LogP contribution >= 0.6 is 0 Å². The second-order valence-electron chi connectivity index (χ2n) is 10.8. The Kier molecular flexibility index (Phi) is 5.64. The molecule has 2 aromatic rings. The number of benzene rings is 2. The fraction of sp³-hybridized carbons (Fsp3) is 0.536. The molecule has 3 heterocycles. The number of carbonyl (C=O) groups is 1. The molecule has 0 aromatic heterocycles. The highest BCUT2D eigenvalue weighted by molar-refractivity contribution is 5.71. The Balaban J connectivity index is 1.52. The molecule has 0 bridgehead atoms. The van der Waals surface area contributed by atoms with E-state index in [2.05, 4.69) is 62.9 Å². The molecule has 0 aliphatic carbocycles. The molecular formula is C28H35NO4. The van der Waals surface area contributed by atoms with E-state index in [1.165, 1.54) is 33.5 Å². The van der Waals surface area contributed by atoms with Gasteiger partial charge in [-0.05, 0) is 55.4 Å². The van der Waals surface area contributed by atoms with Crippen molar-refractivity contribution in [3.05, 3.63) is 58.1 Å². The molecule has 0 unspecified atom stereocenters. The van der Waals surface area contributed by atoms with Crippen molar-refractivity contribution in [2.75, 3.05) is 4.90 Å². The number of ether oxygens (including phenoxy) is 2. The molecule has 5 rings (SSSR count). The van der Waals surface area contributed by atoms with Crippen LogP contribution in [0, 0.1) is 0 Å². The summed E-state index contributed by atoms with van der Waals surface area (Å²) in [6.45, 7) is 10.6. The zero-order valence-electron chi connectivity index (χ0n) is 20.2. The standard InChI is InChI=1S/C28H35NO4/c1-17(2)26-23(10-9-22-12-21(30)13-25(31)32-22)27-20(14-28(3,4)33-27)11-24(26)29-15-18-7-5-6-8-19(18)16-29/h5-8,11,17,21-22,30H,9-10,12-16H2,1-4H3/t21-,22-/m0/s1. The van der Waals surface area contributed by atoms with Crippen LogP contribution in [0.2, 0.25) is 0 Å². The maximum absolute atomic E-state index is 11.9. The minimum Gasteiger partial charge on any atom is -0.487 e. The van der Waals surface area contributed by atoms with Crippen LogP contribution in [-0.4, -0.2) is 28.9 Å². The lowest BCUT2D eigenvalue weighted by Crippen LogP contribution is -2.33. The monoisotopic (exact) mass is 449 g/mol. The van der Waals surface area contributed by atoms with Gasteiger partial charge in [-0.1, -0.05) is 38.1 Å². The maximum atomic E-state index is 11.9. The SMILES string of the molecule is CC(C)c1c(N2Cc3ccccc3C2)cc2c(c1CC[C@H]1C[C@H](O)CC(=O)O1)OC(C)(C)C2. The van der Waals surface area contributed by atoms with Crippen LogP contribution in [0.25, 0.3) is 0 Å². The quantitative estimate of drug-likeness (QED) is 0.648. The lowest BCUT2D eigenvalue weighted by atomic mass is 9.87. The topological polar surface area (TPSA) is 59.0 Å². The molecule has 5 heteroatoms. The summed E-state index contributed by atoms with van der Waals surface area (Å²) in [5, 5.41) is 10.1. The number of nitrogens with zero attached hydrogens (tertiary/aromatic N) is 1. The van der Waals surface area contributed by atoms with Crippen molar-refractivity contribution in [3.8, 4) is 5.75 Å². The van der Waals surface area contributed by atoms with Gasteiger partial charge in [-0.2, -0.15) is 0 Å². The molecule has 2 atom stereocenters. The van der Waals surface area contributed by atoms with E-state index in [1.807, 2.05) is 0 Å². The number of hydrogen-bond acceptors (Lipinski definition) is 5. The third-order valence-corrected chi connectivity index (χ3v) is 7.18. The Hall–Kier alpha value is -2.53. The van der Waals surface area contributed by atoms with E-state index >= 15 is 0 Å². The van der Waals surface area contributed by atoms with E-state index in [0.717, 1.165) is 31.7 Å². The predicted octanol–water partition coefficient (Wildman–Crippen LogP) is 5.04. The van der Waals surface area contributed by atoms with Crippen molar-refractivity contribution in [3.63, 3.8) is 0 Å². The first-order valence-electron chi connectivity index (χ1n) is 12.3. The summed E-state index contributed by atoms with van der Waals surface area (Å²) in [7, 11) is 0. The smallest absolute Gasteiger partial charge is 0.308 e. The van der Waals surface area contributed by atoms with Gasteiger partial charge in [-0.15, -0.1) is 0 Å². The lowest BCUT2D eigenvalue weighted by molar-refractivity contribution is -0.160. The van der Waals surface area contributed by atoms with E-state index in [0.29, 0.717) is 18.8 Å². The van der Waals surface area contributed by atoms with Crippen molar-refractivity contribution in [1.82, 2.24) is 0 Å². The summed E-state index contributed by atoms with van der Waals surface area (Å²) in [6, 6.07) is 11.1. The largest absolute Gasteiger partial charge is 0.487 e. The van der Waals surface area contributed by atoms with Gasteiger partial charge in [0.15, 0.2) is 0 Å². The van der Waals surface area contributed by atoms with E-state index < -0.39 is 6.10 Å². The molecule has 0 saturated carbocycles. The van der Waals surface area contributed by atoms with Gasteiger partial charge in [0.1, 0.15) is 17.5 Å². The summed E-state index contributed by atoms with van der Waals surface area (Å²) in [6.07, 6.45) is 2.12. The van der Waals surface area contributed by atoms with Crippen molar-refractivity contribution < 1.29 is 19.4 Å². The molecule has 0 radical (unpaired) electrons. The van der Waals surface area contributed by atoms with Crippen LogP contribution in [0.3, 0.4) is 0 Å². The first kappa shape index (κ1) is 22.3. The minimum absolute atomic E-state index is 0.103. The summed E-state index contributed by atoms with van der Waals surface area (Å²) in [5.74, 6) is 1.05. The number of aliphatic hydroxyl groups is 1. The number of rotatable bonds is 5. The number of carbonyl (C=O) groups excluding carboxylic acids is 1. The lowest BCUT2D eigenvalue weighted by Gasteiger charge is -2.29. The molecular weight excluding hydrogens is 414 g/mol. The van der Waals surface area contributed by atoms with Gasteiger partial charge < -0.3 is 19.5 Å². The number of aliphatic hydroxyl groups excluding tert-OH is 1. The van der Waals surface area contributed by atoms with Crippen molar-refractivity contribution >= 4 is 11.7 Å². The summed E-state index contributed by atoms with van der Waals surface area (Å²) < 4.78 is 12.1. The molecule has 0 amide bonds. The molecule has 3 aliphatic rings. The van der Waals surface area contributed by atoms with Crippen molar-refractivity contribution in [2.24, 2.45) is 0 Å². The van der Waals surface area contributed by atoms with E-state index in [4.69, 9.17) is 9.47 Å². The van der Waals surface area contributed by atoms with E-state index in [-0.39, 0.29) is 24.1 Å². The first-order valence-corrected chi connectivity index (χ1v) is 12.3. The first-order chi connectivity index (χ1) is 15.7. The second-order valence-corrected chi connectivity index (χ2v) is 10.8. The number of cyclic esters (lactones) is 1. The van der Waals surface area contributed by atoms with Gasteiger partial charge in [-0.25, -0.2) is 0 Å². The fourth-order valence-corrected chi connectivity index (χ4v) is 5.81. The van der Waals surface area contributed by atoms with Gasteiger partial charge in [0, 0.05) is 42.7 Å². The van der Waals surface area contributed by atoms with Crippen LogP contribution < -0.4 is 9.64 Å². The Labute approximate surface area is 196 Å². The van der Waals surface area contributed by atoms with Crippen molar-refractivity contribution in [1.29, 1.82) is 0 Å². The molecule has 0 spiro atoms. The summed E-state index contributed by atoms with van der Waals surface area (Å²) in [5.41, 5.74) is 7.72. The van der Waals surface area contributed by atoms with Crippen LogP contribution in [-0.2, 0) is 35.5 Å². The molecule has 3 aliphatic heterocycles. The number of hydrogen-bond donors (Lipinski definition) is 1. The zero-order valence-corrected chi connectivity index (χ0v) is 20.2. The van der Waals surface area contributed by atoms with Gasteiger partial charge in [0.2, 0.25) is 0 Å². The average Bonchev–Trinajstić information content (AvgIpc) is 3.29. The molecule has 1 fully saturated rings. The highest BCUT2D eigenvalue weighted by Gasteiger charge is 2.36. The molecule has 1 N–H and O–H groups in total. The molecule has 1 saturated heterocycles. The third kappa shape index (κ3) is 4.35. The number of anilines is 1. The average molecular weight is 450 g/mol. The van der Waals surface area contributed by atoms with Crippen LogP contribution in [0.15, 0.2) is 30.3 Å². The predicted molar refractivity (Wildman–Crippen MR) is 129 cm³/mol. The maximum Gasteiger partial charge on any atom is 0.308 e. The van der Waals surface area contributed by atoms with Crippen LogP contribution in [0.4, 0.5) is 5.69 Å². The van der Waals surface area contributed by atoms with E-state index in [9.17, 15) is 9.90 Å². The Bertz CT molecular complexity index is 1050. The second kappa shape index (κ2) is 8.35. The van der Waals surface area contributed by atoms with Gasteiger partial charge in [0.25, 0.3) is 0 Å². The van der Waals surface area contributed by atoms with E-state index in [1.54, 1.807) is 0 Å². The molecule has 33 heavy (non-hydrogen) atoms. The van der Waals surface area contributed by atoms with Gasteiger partial charge in [-0.3, -0.25) is 4.79 Å². The van der Waals surface area contributed by atoms with Crippen molar-refractivity contribution in [2.45, 2.75) is 96.6 Å². The summed E-state index contributed by atoms with van der Waals surface area (Å²) >= 11 is 0. The fourth-order valence-electron chi connectivity index (χ4n) is 5.81. The molecule has 5 nitrogen and oxygen atoms in total. The zero-order chi connectivity index (χ0) is 23.3. The number of esters is 1. The third-order valence-electron chi connectivity index (χ3n) is 7.18. The Morgan fingerprint density at radius 3 is 2.48 bits per heavy atom. The molecule has 2 aromatic carbocycles. The Morgan fingerprint density at radius 2 is 1.85 bits per heavy atom. The van der Waals surface area contributed by atoms with Crippen LogP contribution in [0.5, 0.6) is 5.75 Å². The van der Waals surface area contributed by atoms with Crippen LogP contribution in [0.1, 0.15) is 80.7 Å². The summed E-state index contributed by atoms with van der Waals surface area (Å²) in [4.78, 5) is 14.4. The molecule has 176 valence electrons. The van der Waals surface area contributed by atoms with Gasteiger partial charge in [0.05, 0.1) is 12.5 Å². The highest BCUT2D eigenvalue weighted by atomic mass is 16.5. The van der Waals surface area contributed by atoms with Gasteiger partial charge >= 0.3 is 5.97 Å². The highest BCUT2D eigenvalue weighted by Crippen LogP contribution is 2.47. The minimum atomic E-state index is -0.601. The number of fused-ring (bicyclic) bond motifs is 2.